The van der Waals surface area contributed by atoms with Crippen molar-refractivity contribution in [2.75, 3.05) is 25.0 Å². The minimum atomic E-state index is -4.19. The highest BCUT2D eigenvalue weighted by atomic mass is 79.9. The first-order valence-corrected chi connectivity index (χ1v) is 15.9. The second-order valence-electron chi connectivity index (χ2n) is 9.99. The van der Waals surface area contributed by atoms with Crippen LogP contribution in [0.3, 0.4) is 0 Å². The molecule has 4 aromatic carbocycles. The Labute approximate surface area is 261 Å². The van der Waals surface area contributed by atoms with Crippen molar-refractivity contribution in [3.8, 4) is 5.75 Å². The molecule has 0 heterocycles. The molecule has 4 aromatic rings. The van der Waals surface area contributed by atoms with Crippen LogP contribution in [0, 0.1) is 6.92 Å². The van der Waals surface area contributed by atoms with E-state index in [4.69, 9.17) is 4.74 Å². The summed E-state index contributed by atoms with van der Waals surface area (Å²) >= 11 is 3.44. The largest absolute Gasteiger partial charge is 0.497 e. The van der Waals surface area contributed by atoms with E-state index in [9.17, 15) is 18.0 Å². The van der Waals surface area contributed by atoms with E-state index < -0.39 is 28.5 Å². The zero-order chi connectivity index (χ0) is 31.0. The third kappa shape index (κ3) is 8.03. The molecule has 0 aliphatic heterocycles. The Balaban J connectivity index is 1.77. The van der Waals surface area contributed by atoms with Crippen molar-refractivity contribution >= 4 is 43.5 Å². The summed E-state index contributed by atoms with van der Waals surface area (Å²) < 4.78 is 35.3. The number of anilines is 1. The van der Waals surface area contributed by atoms with Gasteiger partial charge in [0, 0.05) is 24.5 Å². The number of likely N-dealkylation sites (N-methyl/N-ethyl adjacent to an activating group) is 1. The Morgan fingerprint density at radius 1 is 0.860 bits per heavy atom. The first kappa shape index (κ1) is 31.8. The highest BCUT2D eigenvalue weighted by Gasteiger charge is 2.34. The van der Waals surface area contributed by atoms with Crippen LogP contribution in [0.1, 0.15) is 16.7 Å². The number of amides is 2. The molecule has 0 bridgehead atoms. The van der Waals surface area contributed by atoms with Crippen molar-refractivity contribution in [1.82, 2.24) is 10.2 Å². The van der Waals surface area contributed by atoms with Crippen LogP contribution in [-0.4, -0.2) is 51.9 Å². The number of ether oxygens (including phenoxy) is 1. The molecular formula is C33H34BrN3O5S. The van der Waals surface area contributed by atoms with Gasteiger partial charge in [-0.15, -0.1) is 0 Å². The number of nitrogens with one attached hydrogen (secondary N) is 1. The predicted octanol–water partition coefficient (Wildman–Crippen LogP) is 5.35. The Bertz CT molecular complexity index is 1630. The molecule has 2 amide bonds. The van der Waals surface area contributed by atoms with Gasteiger partial charge in [0.25, 0.3) is 10.0 Å². The SMILES string of the molecule is CNC(=O)C(Cc1ccccc1)N(Cc1ccc(Br)cc1)C(=O)CN(c1ccc(C)cc1)S(=O)(=O)c1ccc(OC)cc1. The average Bonchev–Trinajstić information content (AvgIpc) is 3.03. The average molecular weight is 665 g/mol. The van der Waals surface area contributed by atoms with Gasteiger partial charge in [0.1, 0.15) is 18.3 Å². The number of carbonyl (C=O) groups is 2. The van der Waals surface area contributed by atoms with Crippen LogP contribution in [0.2, 0.25) is 0 Å². The molecule has 1 unspecified atom stereocenters. The van der Waals surface area contributed by atoms with Gasteiger partial charge in [-0.3, -0.25) is 13.9 Å². The number of carbonyl (C=O) groups excluding carboxylic acids is 2. The molecule has 0 fully saturated rings. The second kappa shape index (κ2) is 14.3. The van der Waals surface area contributed by atoms with Crippen molar-refractivity contribution in [3.63, 3.8) is 0 Å². The second-order valence-corrected chi connectivity index (χ2v) is 12.8. The molecule has 0 saturated carbocycles. The van der Waals surface area contributed by atoms with Crippen molar-refractivity contribution in [1.29, 1.82) is 0 Å². The summed E-state index contributed by atoms with van der Waals surface area (Å²) in [5.74, 6) is -0.369. The molecule has 0 spiro atoms. The van der Waals surface area contributed by atoms with E-state index in [0.29, 0.717) is 11.4 Å². The fourth-order valence-corrected chi connectivity index (χ4v) is 6.30. The van der Waals surface area contributed by atoms with Crippen LogP contribution in [0.25, 0.3) is 0 Å². The number of rotatable bonds is 12. The van der Waals surface area contributed by atoms with Crippen LogP contribution in [0.4, 0.5) is 5.69 Å². The lowest BCUT2D eigenvalue weighted by Crippen LogP contribution is -2.53. The van der Waals surface area contributed by atoms with E-state index in [-0.39, 0.29) is 23.8 Å². The van der Waals surface area contributed by atoms with Gasteiger partial charge in [-0.05, 0) is 66.6 Å². The number of benzene rings is 4. The summed E-state index contributed by atoms with van der Waals surface area (Å²) in [5, 5.41) is 2.69. The number of hydrogen-bond donors (Lipinski definition) is 1. The Morgan fingerprint density at radius 2 is 1.49 bits per heavy atom. The number of nitrogens with zero attached hydrogens (tertiary/aromatic N) is 2. The van der Waals surface area contributed by atoms with Gasteiger partial charge >= 0.3 is 0 Å². The fraction of sp³-hybridized carbons (Fsp3) is 0.212. The van der Waals surface area contributed by atoms with Crippen molar-refractivity contribution in [2.24, 2.45) is 0 Å². The molecule has 1 atom stereocenters. The highest BCUT2D eigenvalue weighted by molar-refractivity contribution is 9.10. The van der Waals surface area contributed by atoms with E-state index >= 15 is 0 Å². The van der Waals surface area contributed by atoms with E-state index in [1.165, 1.54) is 31.2 Å². The summed E-state index contributed by atoms with van der Waals surface area (Å²) in [5.41, 5.74) is 2.93. The monoisotopic (exact) mass is 663 g/mol. The molecule has 43 heavy (non-hydrogen) atoms. The van der Waals surface area contributed by atoms with Gasteiger partial charge in [-0.1, -0.05) is 76.1 Å². The molecule has 4 rings (SSSR count). The van der Waals surface area contributed by atoms with Crippen LogP contribution in [0.5, 0.6) is 5.75 Å². The van der Waals surface area contributed by atoms with Crippen LogP contribution in [0.15, 0.2) is 112 Å². The number of hydrogen-bond acceptors (Lipinski definition) is 5. The van der Waals surface area contributed by atoms with Crippen LogP contribution >= 0.6 is 15.9 Å². The van der Waals surface area contributed by atoms with Gasteiger partial charge in [-0.25, -0.2) is 8.42 Å². The molecule has 0 aromatic heterocycles. The maximum Gasteiger partial charge on any atom is 0.264 e. The minimum Gasteiger partial charge on any atom is -0.497 e. The predicted molar refractivity (Wildman–Crippen MR) is 171 cm³/mol. The first-order chi connectivity index (χ1) is 20.6. The quantitative estimate of drug-likeness (QED) is 0.221. The molecule has 0 aliphatic rings. The third-order valence-corrected chi connectivity index (χ3v) is 9.35. The lowest BCUT2D eigenvalue weighted by molar-refractivity contribution is -0.139. The summed E-state index contributed by atoms with van der Waals surface area (Å²) in [7, 11) is -1.16. The Kier molecular flexibility index (Phi) is 10.6. The lowest BCUT2D eigenvalue weighted by atomic mass is 10.0. The Hall–Kier alpha value is -4.15. The first-order valence-electron chi connectivity index (χ1n) is 13.6. The van der Waals surface area contributed by atoms with E-state index in [0.717, 1.165) is 25.5 Å². The smallest absolute Gasteiger partial charge is 0.264 e. The number of methoxy groups -OCH3 is 1. The molecular weight excluding hydrogens is 630 g/mol. The molecule has 0 saturated heterocycles. The van der Waals surface area contributed by atoms with Crippen molar-refractivity contribution in [2.45, 2.75) is 30.8 Å². The Morgan fingerprint density at radius 3 is 2.07 bits per heavy atom. The normalized spacial score (nSPS) is 11.8. The minimum absolute atomic E-state index is 0.00766. The van der Waals surface area contributed by atoms with Gasteiger partial charge in [0.05, 0.1) is 17.7 Å². The van der Waals surface area contributed by atoms with Gasteiger partial charge in [-0.2, -0.15) is 0 Å². The van der Waals surface area contributed by atoms with E-state index in [2.05, 4.69) is 21.2 Å². The van der Waals surface area contributed by atoms with E-state index in [1.54, 1.807) is 36.4 Å². The summed E-state index contributed by atoms with van der Waals surface area (Å²) in [4.78, 5) is 29.1. The molecule has 224 valence electrons. The number of halogens is 1. The van der Waals surface area contributed by atoms with Crippen LogP contribution < -0.4 is 14.4 Å². The third-order valence-electron chi connectivity index (χ3n) is 7.03. The zero-order valence-corrected chi connectivity index (χ0v) is 26.6. The van der Waals surface area contributed by atoms with Crippen molar-refractivity contribution in [3.05, 3.63) is 124 Å². The summed E-state index contributed by atoms with van der Waals surface area (Å²) in [6.07, 6.45) is 0.249. The van der Waals surface area contributed by atoms with Gasteiger partial charge < -0.3 is 15.0 Å². The highest BCUT2D eigenvalue weighted by Crippen LogP contribution is 2.27. The maximum absolute atomic E-state index is 14.3. The summed E-state index contributed by atoms with van der Waals surface area (Å²) in [6, 6.07) is 28.9. The zero-order valence-electron chi connectivity index (χ0n) is 24.2. The number of aryl methyl sites for hydroxylation is 1. The molecule has 8 nitrogen and oxygen atoms in total. The lowest BCUT2D eigenvalue weighted by Gasteiger charge is -2.33. The number of sulfonamides is 1. The van der Waals surface area contributed by atoms with Gasteiger partial charge in [0.15, 0.2) is 0 Å². The molecule has 0 aliphatic carbocycles. The topological polar surface area (TPSA) is 96.0 Å². The fourth-order valence-electron chi connectivity index (χ4n) is 4.62. The standard InChI is InChI=1S/C33H34BrN3O5S/c1-24-9-15-28(16-10-24)37(43(40,41)30-19-17-29(42-3)18-20-30)23-32(38)36(22-26-11-13-27(34)14-12-26)31(33(39)35-2)21-25-7-5-4-6-8-25/h4-20,31H,21-23H2,1-3H3,(H,35,39). The van der Waals surface area contributed by atoms with Crippen LogP contribution in [-0.2, 0) is 32.6 Å². The molecule has 10 heteroatoms. The van der Waals surface area contributed by atoms with E-state index in [1.807, 2.05) is 61.5 Å². The maximum atomic E-state index is 14.3. The molecule has 0 radical (unpaired) electrons. The molecule has 1 N–H and O–H groups in total. The van der Waals surface area contributed by atoms with Crippen molar-refractivity contribution < 1.29 is 22.7 Å². The summed E-state index contributed by atoms with van der Waals surface area (Å²) in [6.45, 7) is 1.48. The van der Waals surface area contributed by atoms with Gasteiger partial charge in [0.2, 0.25) is 11.8 Å².